The number of hydrogen-bond donors (Lipinski definition) is 0. The molecule has 0 radical (unpaired) electrons. The molecule has 0 bridgehead atoms. The van der Waals surface area contributed by atoms with Crippen LogP contribution < -0.4 is 4.74 Å². The highest BCUT2D eigenvalue weighted by atomic mass is 32.2. The van der Waals surface area contributed by atoms with Gasteiger partial charge in [0.15, 0.2) is 0 Å². The van der Waals surface area contributed by atoms with E-state index in [1.165, 1.54) is 43.5 Å². The van der Waals surface area contributed by atoms with Crippen LogP contribution in [0.5, 0.6) is 5.75 Å². The maximum atomic E-state index is 12.5. The molecule has 0 fully saturated rings. The van der Waals surface area contributed by atoms with Gasteiger partial charge in [-0.25, -0.2) is 0 Å². The van der Waals surface area contributed by atoms with Gasteiger partial charge in [-0.05, 0) is 49.4 Å². The maximum Gasteiger partial charge on any atom is 0.409 e. The number of aryl methyl sites for hydroxylation is 1. The van der Waals surface area contributed by atoms with Crippen molar-refractivity contribution < 1.29 is 26.3 Å². The SMILES string of the molecule is COc1ccc(C(/C=C/C(F)(F)F)=NS(=O)(=O)c2ccc(C)cc2)cc1. The van der Waals surface area contributed by atoms with Crippen molar-refractivity contribution >= 4 is 15.7 Å². The van der Waals surface area contributed by atoms with Gasteiger partial charge in [-0.2, -0.15) is 26.0 Å². The molecule has 138 valence electrons. The van der Waals surface area contributed by atoms with Crippen molar-refractivity contribution in [1.82, 2.24) is 0 Å². The van der Waals surface area contributed by atoms with E-state index in [0.717, 1.165) is 5.56 Å². The first-order valence-electron chi connectivity index (χ1n) is 7.43. The summed E-state index contributed by atoms with van der Waals surface area (Å²) in [5.74, 6) is 0.481. The van der Waals surface area contributed by atoms with E-state index < -0.39 is 16.2 Å². The van der Waals surface area contributed by atoms with Crippen molar-refractivity contribution in [2.45, 2.75) is 18.0 Å². The van der Waals surface area contributed by atoms with Gasteiger partial charge in [0.05, 0.1) is 17.7 Å². The van der Waals surface area contributed by atoms with Crippen molar-refractivity contribution in [2.24, 2.45) is 4.40 Å². The molecule has 2 aromatic rings. The second-order valence-electron chi connectivity index (χ2n) is 5.37. The van der Waals surface area contributed by atoms with Crippen LogP contribution in [0.3, 0.4) is 0 Å². The molecule has 0 aromatic heterocycles. The lowest BCUT2D eigenvalue weighted by atomic mass is 10.1. The molecule has 0 aliphatic rings. The topological polar surface area (TPSA) is 55.7 Å². The molecule has 0 heterocycles. The minimum atomic E-state index is -4.60. The number of allylic oxidation sites excluding steroid dienone is 2. The Morgan fingerprint density at radius 3 is 2.12 bits per heavy atom. The number of benzene rings is 2. The summed E-state index contributed by atoms with van der Waals surface area (Å²) in [7, 11) is -2.73. The largest absolute Gasteiger partial charge is 0.497 e. The Balaban J connectivity index is 2.52. The third-order valence-corrected chi connectivity index (χ3v) is 4.66. The summed E-state index contributed by atoms with van der Waals surface area (Å²) in [6.07, 6.45) is -4.02. The second-order valence-corrected chi connectivity index (χ2v) is 6.97. The summed E-state index contributed by atoms with van der Waals surface area (Å²) in [6, 6.07) is 11.8. The van der Waals surface area contributed by atoms with E-state index >= 15 is 0 Å². The molecule has 0 unspecified atom stereocenters. The van der Waals surface area contributed by atoms with Crippen LogP contribution in [0.4, 0.5) is 13.2 Å². The third kappa shape index (κ3) is 5.45. The molecule has 4 nitrogen and oxygen atoms in total. The highest BCUT2D eigenvalue weighted by Crippen LogP contribution is 2.20. The fraction of sp³-hybridized carbons (Fsp3) is 0.167. The summed E-state index contributed by atoms with van der Waals surface area (Å²) in [6.45, 7) is 1.79. The van der Waals surface area contributed by atoms with Gasteiger partial charge < -0.3 is 4.74 Å². The maximum absolute atomic E-state index is 12.5. The molecule has 0 N–H and O–H groups in total. The first kappa shape index (κ1) is 19.7. The summed E-state index contributed by atoms with van der Waals surface area (Å²) in [4.78, 5) is -0.102. The van der Waals surface area contributed by atoms with E-state index in [4.69, 9.17) is 4.74 Å². The molecule has 0 atom stereocenters. The molecule has 0 aliphatic heterocycles. The molecular formula is C18H16F3NO3S. The highest BCUT2D eigenvalue weighted by molar-refractivity contribution is 7.90. The number of hydrogen-bond acceptors (Lipinski definition) is 3. The van der Waals surface area contributed by atoms with Crippen LogP contribution in [-0.2, 0) is 10.0 Å². The molecule has 0 saturated heterocycles. The van der Waals surface area contributed by atoms with E-state index in [1.54, 1.807) is 19.1 Å². The number of sulfonamides is 1. The van der Waals surface area contributed by atoms with Gasteiger partial charge >= 0.3 is 6.18 Å². The second kappa shape index (κ2) is 7.74. The van der Waals surface area contributed by atoms with Gasteiger partial charge in [-0.1, -0.05) is 17.7 Å². The summed E-state index contributed by atoms with van der Waals surface area (Å²) in [5, 5.41) is 0. The Hall–Kier alpha value is -2.61. The van der Waals surface area contributed by atoms with Crippen LogP contribution in [0.15, 0.2) is 70.0 Å². The van der Waals surface area contributed by atoms with Crippen molar-refractivity contribution in [2.75, 3.05) is 7.11 Å². The molecule has 0 spiro atoms. The number of ether oxygens (including phenoxy) is 1. The van der Waals surface area contributed by atoms with Gasteiger partial charge in [-0.15, -0.1) is 0 Å². The van der Waals surface area contributed by atoms with Crippen LogP contribution in [-0.4, -0.2) is 27.4 Å². The molecule has 2 rings (SSSR count). The zero-order valence-electron chi connectivity index (χ0n) is 14.0. The van der Waals surface area contributed by atoms with Gasteiger partial charge in [0.25, 0.3) is 10.0 Å². The van der Waals surface area contributed by atoms with Crippen molar-refractivity contribution in [3.63, 3.8) is 0 Å². The predicted octanol–water partition coefficient (Wildman–Crippen LogP) is 4.30. The molecule has 0 saturated carbocycles. The Morgan fingerprint density at radius 1 is 1.04 bits per heavy atom. The summed E-state index contributed by atoms with van der Waals surface area (Å²) in [5.41, 5.74) is 0.729. The number of methoxy groups -OCH3 is 1. The normalized spacial score (nSPS) is 13.2. The Morgan fingerprint density at radius 2 is 1.62 bits per heavy atom. The number of nitrogens with zero attached hydrogens (tertiary/aromatic N) is 1. The van der Waals surface area contributed by atoms with E-state index in [1.807, 2.05) is 0 Å². The van der Waals surface area contributed by atoms with Crippen LogP contribution in [0.2, 0.25) is 0 Å². The van der Waals surface area contributed by atoms with E-state index in [-0.39, 0.29) is 22.2 Å². The van der Waals surface area contributed by atoms with Crippen molar-refractivity contribution in [1.29, 1.82) is 0 Å². The van der Waals surface area contributed by atoms with E-state index in [2.05, 4.69) is 4.40 Å². The third-order valence-electron chi connectivity index (χ3n) is 3.35. The fourth-order valence-electron chi connectivity index (χ4n) is 2.01. The Bertz CT molecular complexity index is 914. The number of halogens is 3. The molecular weight excluding hydrogens is 367 g/mol. The zero-order valence-corrected chi connectivity index (χ0v) is 14.8. The smallest absolute Gasteiger partial charge is 0.409 e. The summed E-state index contributed by atoms with van der Waals surface area (Å²) >= 11 is 0. The predicted molar refractivity (Wildman–Crippen MR) is 93.1 cm³/mol. The first-order valence-corrected chi connectivity index (χ1v) is 8.87. The fourth-order valence-corrected chi connectivity index (χ4v) is 3.02. The Kier molecular flexibility index (Phi) is 5.86. The summed E-state index contributed by atoms with van der Waals surface area (Å²) < 4.78 is 71.1. The molecule has 26 heavy (non-hydrogen) atoms. The lowest BCUT2D eigenvalue weighted by Gasteiger charge is -2.06. The standard InChI is InChI=1S/C18H16F3NO3S/c1-13-3-9-16(10-4-13)26(23,24)22-17(11-12-18(19,20)21)14-5-7-15(25-2)8-6-14/h3-12H,1-2H3/b12-11+,22-17?. The van der Waals surface area contributed by atoms with Gasteiger partial charge in [0.1, 0.15) is 5.75 Å². The first-order chi connectivity index (χ1) is 12.1. The zero-order chi connectivity index (χ0) is 19.4. The lowest BCUT2D eigenvalue weighted by molar-refractivity contribution is -0.0797. The van der Waals surface area contributed by atoms with Crippen molar-refractivity contribution in [3.05, 3.63) is 71.8 Å². The van der Waals surface area contributed by atoms with Gasteiger partial charge in [-0.3, -0.25) is 0 Å². The average molecular weight is 383 g/mol. The Labute approximate surface area is 149 Å². The average Bonchev–Trinajstić information content (AvgIpc) is 2.58. The number of alkyl halides is 3. The van der Waals surface area contributed by atoms with Crippen LogP contribution in [0.1, 0.15) is 11.1 Å². The van der Waals surface area contributed by atoms with E-state index in [0.29, 0.717) is 11.8 Å². The van der Waals surface area contributed by atoms with Crippen LogP contribution in [0.25, 0.3) is 0 Å². The molecule has 8 heteroatoms. The monoisotopic (exact) mass is 383 g/mol. The molecule has 2 aromatic carbocycles. The van der Waals surface area contributed by atoms with Crippen LogP contribution in [0, 0.1) is 6.92 Å². The van der Waals surface area contributed by atoms with Crippen LogP contribution >= 0.6 is 0 Å². The minimum Gasteiger partial charge on any atom is -0.497 e. The quantitative estimate of drug-likeness (QED) is 0.724. The van der Waals surface area contributed by atoms with Crippen molar-refractivity contribution in [3.8, 4) is 5.75 Å². The minimum absolute atomic E-state index is 0.0548. The van der Waals surface area contributed by atoms with Gasteiger partial charge in [0, 0.05) is 11.6 Å². The van der Waals surface area contributed by atoms with E-state index in [9.17, 15) is 21.6 Å². The molecule has 0 amide bonds. The number of rotatable bonds is 5. The molecule has 0 aliphatic carbocycles. The van der Waals surface area contributed by atoms with Gasteiger partial charge in [0.2, 0.25) is 0 Å². The lowest BCUT2D eigenvalue weighted by Crippen LogP contribution is -2.07. The highest BCUT2D eigenvalue weighted by Gasteiger charge is 2.23.